The summed E-state index contributed by atoms with van der Waals surface area (Å²) in [6.07, 6.45) is 5.01. The number of anilines is 1. The van der Waals surface area contributed by atoms with Crippen molar-refractivity contribution < 1.29 is 14.6 Å². The largest absolute Gasteiger partial charge is 0.496 e. The molecule has 3 aromatic rings. The molecule has 0 spiro atoms. The molecule has 1 atom stereocenters. The summed E-state index contributed by atoms with van der Waals surface area (Å²) in [6.45, 7) is 4.64. The number of unbranched alkanes of at least 4 members (excludes halogenated alkanes) is 1. The number of aromatic nitrogens is 3. The smallest absolute Gasteiger partial charge is 0.154 e. The third-order valence-electron chi connectivity index (χ3n) is 5.05. The molecule has 0 aliphatic rings. The Hall–Kier alpha value is -2.80. The Morgan fingerprint density at radius 3 is 2.48 bits per heavy atom. The number of ether oxygens (including phenoxy) is 2. The zero-order chi connectivity index (χ0) is 20.8. The van der Waals surface area contributed by atoms with Crippen molar-refractivity contribution in [2.45, 2.75) is 45.7 Å². The van der Waals surface area contributed by atoms with Gasteiger partial charge in [0.15, 0.2) is 5.82 Å². The number of hydrogen-bond donors (Lipinski definition) is 2. The van der Waals surface area contributed by atoms with Gasteiger partial charge in [-0.1, -0.05) is 25.8 Å². The predicted molar refractivity (Wildman–Crippen MR) is 115 cm³/mol. The standard InChI is InChI=1S/C22H30N4O3/c1-5-6-8-16(14-27)25-22-21-18(23-15(2)24-22)11-12-26(21)13-17-19(28-3)9-7-10-20(17)29-4/h7,9-12,16,27H,5-6,8,13-14H2,1-4H3,(H,23,24,25). The average molecular weight is 399 g/mol. The number of methoxy groups -OCH3 is 2. The molecule has 0 saturated heterocycles. The van der Waals surface area contributed by atoms with Gasteiger partial charge in [0.2, 0.25) is 0 Å². The van der Waals surface area contributed by atoms with Crippen molar-refractivity contribution in [3.8, 4) is 11.5 Å². The maximum atomic E-state index is 9.80. The molecule has 0 bridgehead atoms. The van der Waals surface area contributed by atoms with Gasteiger partial charge < -0.3 is 24.5 Å². The first kappa shape index (κ1) is 20.9. The summed E-state index contributed by atoms with van der Waals surface area (Å²) in [7, 11) is 3.32. The van der Waals surface area contributed by atoms with E-state index in [0.717, 1.165) is 53.2 Å². The lowest BCUT2D eigenvalue weighted by Crippen LogP contribution is -2.25. The molecule has 0 fully saturated rings. The van der Waals surface area contributed by atoms with Crippen LogP contribution in [0.25, 0.3) is 11.0 Å². The van der Waals surface area contributed by atoms with E-state index in [4.69, 9.17) is 9.47 Å². The summed E-state index contributed by atoms with van der Waals surface area (Å²) < 4.78 is 13.2. The lowest BCUT2D eigenvalue weighted by Gasteiger charge is -2.19. The quantitative estimate of drug-likeness (QED) is 0.541. The van der Waals surface area contributed by atoms with E-state index in [9.17, 15) is 5.11 Å². The van der Waals surface area contributed by atoms with Crippen molar-refractivity contribution in [2.24, 2.45) is 0 Å². The molecule has 7 nitrogen and oxygen atoms in total. The van der Waals surface area contributed by atoms with Gasteiger partial charge in [0.25, 0.3) is 0 Å². The van der Waals surface area contributed by atoms with Gasteiger partial charge in [0.05, 0.1) is 44.5 Å². The van der Waals surface area contributed by atoms with Crippen LogP contribution in [0.1, 0.15) is 37.6 Å². The highest BCUT2D eigenvalue weighted by Gasteiger charge is 2.17. The van der Waals surface area contributed by atoms with Crippen molar-refractivity contribution in [1.82, 2.24) is 14.5 Å². The van der Waals surface area contributed by atoms with Crippen LogP contribution in [0.5, 0.6) is 11.5 Å². The molecule has 2 heterocycles. The van der Waals surface area contributed by atoms with E-state index < -0.39 is 0 Å². The number of fused-ring (bicyclic) bond motifs is 1. The van der Waals surface area contributed by atoms with E-state index in [1.807, 2.05) is 37.4 Å². The van der Waals surface area contributed by atoms with E-state index in [1.165, 1.54) is 0 Å². The Labute approximate surface area is 171 Å². The highest BCUT2D eigenvalue weighted by atomic mass is 16.5. The first-order valence-electron chi connectivity index (χ1n) is 10.0. The Kier molecular flexibility index (Phi) is 6.93. The number of benzene rings is 1. The maximum absolute atomic E-state index is 9.80. The van der Waals surface area contributed by atoms with Crippen molar-refractivity contribution in [3.63, 3.8) is 0 Å². The summed E-state index contributed by atoms with van der Waals surface area (Å²) in [5.41, 5.74) is 2.71. The van der Waals surface area contributed by atoms with Crippen molar-refractivity contribution in [3.05, 3.63) is 41.9 Å². The summed E-state index contributed by atoms with van der Waals surface area (Å²) in [6, 6.07) is 7.70. The van der Waals surface area contributed by atoms with Gasteiger partial charge in [-0.05, 0) is 31.5 Å². The Balaban J connectivity index is 2.02. The fourth-order valence-electron chi connectivity index (χ4n) is 3.56. The SMILES string of the molecule is CCCCC(CO)Nc1nc(C)nc2ccn(Cc3c(OC)cccc3OC)c12. The Morgan fingerprint density at radius 1 is 1.14 bits per heavy atom. The van der Waals surface area contributed by atoms with Crippen molar-refractivity contribution in [2.75, 3.05) is 26.1 Å². The maximum Gasteiger partial charge on any atom is 0.154 e. The van der Waals surface area contributed by atoms with Gasteiger partial charge in [-0.2, -0.15) is 0 Å². The highest BCUT2D eigenvalue weighted by molar-refractivity contribution is 5.87. The fourth-order valence-corrected chi connectivity index (χ4v) is 3.56. The molecule has 2 N–H and O–H groups in total. The third-order valence-corrected chi connectivity index (χ3v) is 5.05. The fraction of sp³-hybridized carbons (Fsp3) is 0.455. The molecule has 3 rings (SSSR count). The van der Waals surface area contributed by atoms with E-state index in [1.54, 1.807) is 14.2 Å². The lowest BCUT2D eigenvalue weighted by molar-refractivity contribution is 0.267. The second kappa shape index (κ2) is 9.60. The monoisotopic (exact) mass is 398 g/mol. The van der Waals surface area contributed by atoms with Crippen LogP contribution < -0.4 is 14.8 Å². The number of nitrogens with one attached hydrogen (secondary N) is 1. The number of hydrogen-bond acceptors (Lipinski definition) is 6. The molecule has 156 valence electrons. The van der Waals surface area contributed by atoms with Gasteiger partial charge in [-0.15, -0.1) is 0 Å². The summed E-state index contributed by atoms with van der Waals surface area (Å²) in [5.74, 6) is 2.97. The Bertz CT molecular complexity index is 932. The molecule has 0 amide bonds. The van der Waals surface area contributed by atoms with Crippen LogP contribution in [0, 0.1) is 6.92 Å². The zero-order valence-electron chi connectivity index (χ0n) is 17.6. The molecule has 1 aromatic carbocycles. The van der Waals surface area contributed by atoms with Crippen molar-refractivity contribution >= 4 is 16.9 Å². The van der Waals surface area contributed by atoms with Gasteiger partial charge in [-0.3, -0.25) is 0 Å². The lowest BCUT2D eigenvalue weighted by atomic mass is 10.1. The van der Waals surface area contributed by atoms with E-state index in [-0.39, 0.29) is 12.6 Å². The van der Waals surface area contributed by atoms with Crippen LogP contribution in [-0.4, -0.2) is 46.5 Å². The van der Waals surface area contributed by atoms with Gasteiger partial charge in [-0.25, -0.2) is 9.97 Å². The van der Waals surface area contributed by atoms with Gasteiger partial charge >= 0.3 is 0 Å². The molecule has 0 radical (unpaired) electrons. The van der Waals surface area contributed by atoms with Crippen LogP contribution in [-0.2, 0) is 6.54 Å². The van der Waals surface area contributed by atoms with Crippen LogP contribution in [0.3, 0.4) is 0 Å². The summed E-state index contributed by atoms with van der Waals surface area (Å²) >= 11 is 0. The molecular formula is C22H30N4O3. The van der Waals surface area contributed by atoms with Crippen molar-refractivity contribution in [1.29, 1.82) is 0 Å². The summed E-state index contributed by atoms with van der Waals surface area (Å²) in [4.78, 5) is 9.22. The van der Waals surface area contributed by atoms with Crippen LogP contribution in [0.2, 0.25) is 0 Å². The normalized spacial score (nSPS) is 12.2. The minimum atomic E-state index is -0.0448. The molecule has 7 heteroatoms. The highest BCUT2D eigenvalue weighted by Crippen LogP contribution is 2.31. The molecule has 0 saturated carbocycles. The molecular weight excluding hydrogens is 368 g/mol. The minimum Gasteiger partial charge on any atom is -0.496 e. The first-order chi connectivity index (χ1) is 14.1. The van der Waals surface area contributed by atoms with Gasteiger partial charge in [0, 0.05) is 6.20 Å². The number of aliphatic hydroxyl groups is 1. The zero-order valence-corrected chi connectivity index (χ0v) is 17.6. The molecule has 29 heavy (non-hydrogen) atoms. The first-order valence-corrected chi connectivity index (χ1v) is 10.0. The summed E-state index contributed by atoms with van der Waals surface area (Å²) in [5, 5.41) is 13.2. The number of aryl methyl sites for hydroxylation is 1. The minimum absolute atomic E-state index is 0.0448. The number of rotatable bonds is 10. The van der Waals surface area contributed by atoms with E-state index in [0.29, 0.717) is 12.4 Å². The second-order valence-corrected chi connectivity index (χ2v) is 7.10. The number of aliphatic hydroxyl groups excluding tert-OH is 1. The van der Waals surface area contributed by atoms with Crippen LogP contribution >= 0.6 is 0 Å². The Morgan fingerprint density at radius 2 is 1.86 bits per heavy atom. The average Bonchev–Trinajstić information content (AvgIpc) is 3.13. The third kappa shape index (κ3) is 4.62. The predicted octanol–water partition coefficient (Wildman–Crippen LogP) is 3.77. The second-order valence-electron chi connectivity index (χ2n) is 7.10. The number of nitrogens with zero attached hydrogens (tertiary/aromatic N) is 3. The molecule has 0 aliphatic heterocycles. The van der Waals surface area contributed by atoms with E-state index in [2.05, 4.69) is 26.8 Å². The molecule has 0 aliphatic carbocycles. The van der Waals surface area contributed by atoms with Crippen LogP contribution in [0.4, 0.5) is 5.82 Å². The van der Waals surface area contributed by atoms with E-state index >= 15 is 0 Å². The molecule has 2 aromatic heterocycles. The van der Waals surface area contributed by atoms with Gasteiger partial charge in [0.1, 0.15) is 22.8 Å². The van der Waals surface area contributed by atoms with Crippen LogP contribution in [0.15, 0.2) is 30.5 Å². The topological polar surface area (TPSA) is 81.4 Å². The molecule has 1 unspecified atom stereocenters.